The highest BCUT2D eigenvalue weighted by atomic mass is 16.1. The maximum atomic E-state index is 12.1. The predicted molar refractivity (Wildman–Crippen MR) is 77.3 cm³/mol. The predicted octanol–water partition coefficient (Wildman–Crippen LogP) is 3.21. The van der Waals surface area contributed by atoms with Crippen molar-refractivity contribution >= 4 is 10.9 Å². The van der Waals surface area contributed by atoms with Crippen LogP contribution in [0.4, 0.5) is 0 Å². The van der Waals surface area contributed by atoms with Gasteiger partial charge in [0.2, 0.25) is 0 Å². The van der Waals surface area contributed by atoms with Crippen LogP contribution in [0.3, 0.4) is 0 Å². The second-order valence-electron chi connectivity index (χ2n) is 4.68. The van der Waals surface area contributed by atoms with Gasteiger partial charge in [0.1, 0.15) is 5.82 Å². The lowest BCUT2D eigenvalue weighted by molar-refractivity contribution is 1.16. The summed E-state index contributed by atoms with van der Waals surface area (Å²) in [4.78, 5) is 19.5. The van der Waals surface area contributed by atoms with E-state index in [1.807, 2.05) is 37.3 Å². The molecule has 3 nitrogen and oxygen atoms in total. The van der Waals surface area contributed by atoms with E-state index in [2.05, 4.69) is 23.0 Å². The zero-order valence-corrected chi connectivity index (χ0v) is 10.9. The van der Waals surface area contributed by atoms with E-state index in [1.165, 1.54) is 5.56 Å². The van der Waals surface area contributed by atoms with Gasteiger partial charge in [-0.2, -0.15) is 0 Å². The van der Waals surface area contributed by atoms with Gasteiger partial charge in [-0.25, -0.2) is 4.98 Å². The number of aryl methyl sites for hydroxylation is 1. The van der Waals surface area contributed by atoms with Crippen molar-refractivity contribution in [1.82, 2.24) is 9.97 Å². The molecule has 94 valence electrons. The average Bonchev–Trinajstić information content (AvgIpc) is 2.42. The summed E-state index contributed by atoms with van der Waals surface area (Å²) in [5.74, 6) is 0.630. The number of hydrogen-bond acceptors (Lipinski definition) is 2. The molecule has 3 aromatic rings. The summed E-state index contributed by atoms with van der Waals surface area (Å²) >= 11 is 0. The topological polar surface area (TPSA) is 45.8 Å². The normalized spacial score (nSPS) is 10.8. The van der Waals surface area contributed by atoms with Crippen molar-refractivity contribution in [2.45, 2.75) is 13.8 Å². The van der Waals surface area contributed by atoms with Gasteiger partial charge in [0.15, 0.2) is 0 Å². The maximum Gasteiger partial charge on any atom is 0.259 e. The smallest absolute Gasteiger partial charge is 0.259 e. The standard InChI is InChI=1S/C16H14N2O/c1-10-6-5-8-12(11(10)2)15-17-14-9-4-3-7-13(14)16(19)18-15/h3-9H,1-2H3,(H,17,18,19). The molecule has 0 saturated carbocycles. The van der Waals surface area contributed by atoms with Crippen LogP contribution in [0, 0.1) is 13.8 Å². The van der Waals surface area contributed by atoms with Gasteiger partial charge in [0.25, 0.3) is 5.56 Å². The molecule has 1 aromatic heterocycles. The van der Waals surface area contributed by atoms with Crippen LogP contribution in [0.25, 0.3) is 22.3 Å². The third-order valence-electron chi connectivity index (χ3n) is 3.47. The molecule has 0 unspecified atom stereocenters. The molecule has 0 radical (unpaired) electrons. The summed E-state index contributed by atoms with van der Waals surface area (Å²) in [5, 5.41) is 0.622. The van der Waals surface area contributed by atoms with Crippen molar-refractivity contribution < 1.29 is 0 Å². The minimum absolute atomic E-state index is 0.0958. The van der Waals surface area contributed by atoms with Crippen LogP contribution >= 0.6 is 0 Å². The second kappa shape index (κ2) is 4.35. The Morgan fingerprint density at radius 3 is 2.63 bits per heavy atom. The van der Waals surface area contributed by atoms with Crippen molar-refractivity contribution in [3.8, 4) is 11.4 Å². The Kier molecular flexibility index (Phi) is 2.67. The monoisotopic (exact) mass is 250 g/mol. The van der Waals surface area contributed by atoms with Crippen LogP contribution in [-0.2, 0) is 0 Å². The van der Waals surface area contributed by atoms with E-state index >= 15 is 0 Å². The first-order chi connectivity index (χ1) is 9.16. The van der Waals surface area contributed by atoms with Crippen LogP contribution in [0.1, 0.15) is 11.1 Å². The summed E-state index contributed by atoms with van der Waals surface area (Å²) in [5.41, 5.74) is 3.93. The number of aromatic amines is 1. The molecular weight excluding hydrogens is 236 g/mol. The molecule has 2 aromatic carbocycles. The third kappa shape index (κ3) is 1.93. The first-order valence-electron chi connectivity index (χ1n) is 6.22. The lowest BCUT2D eigenvalue weighted by Crippen LogP contribution is -2.09. The fraction of sp³-hybridized carbons (Fsp3) is 0.125. The molecule has 0 aliphatic heterocycles. The number of rotatable bonds is 1. The Bertz CT molecular complexity index is 818. The fourth-order valence-electron chi connectivity index (χ4n) is 2.22. The highest BCUT2D eigenvalue weighted by molar-refractivity contribution is 5.79. The molecule has 0 amide bonds. The van der Waals surface area contributed by atoms with Gasteiger partial charge in [-0.3, -0.25) is 4.79 Å². The molecule has 0 aliphatic carbocycles. The van der Waals surface area contributed by atoms with E-state index in [9.17, 15) is 4.79 Å². The summed E-state index contributed by atoms with van der Waals surface area (Å²) in [6.45, 7) is 4.10. The quantitative estimate of drug-likeness (QED) is 0.720. The molecule has 0 fully saturated rings. The molecule has 3 rings (SSSR count). The Morgan fingerprint density at radius 2 is 1.79 bits per heavy atom. The van der Waals surface area contributed by atoms with Crippen LogP contribution in [-0.4, -0.2) is 9.97 Å². The third-order valence-corrected chi connectivity index (χ3v) is 3.47. The number of hydrogen-bond donors (Lipinski definition) is 1. The van der Waals surface area contributed by atoms with Crippen molar-refractivity contribution in [3.05, 3.63) is 63.9 Å². The highest BCUT2D eigenvalue weighted by Gasteiger charge is 2.08. The molecule has 0 atom stereocenters. The van der Waals surface area contributed by atoms with Crippen molar-refractivity contribution in [2.24, 2.45) is 0 Å². The zero-order chi connectivity index (χ0) is 13.4. The van der Waals surface area contributed by atoms with Gasteiger partial charge in [-0.05, 0) is 37.1 Å². The van der Waals surface area contributed by atoms with E-state index in [0.29, 0.717) is 11.2 Å². The molecule has 1 N–H and O–H groups in total. The molecule has 0 spiro atoms. The average molecular weight is 250 g/mol. The minimum atomic E-state index is -0.0958. The summed E-state index contributed by atoms with van der Waals surface area (Å²) in [6, 6.07) is 13.4. The lowest BCUT2D eigenvalue weighted by Gasteiger charge is -2.08. The number of aromatic nitrogens is 2. The summed E-state index contributed by atoms with van der Waals surface area (Å²) in [7, 11) is 0. The lowest BCUT2D eigenvalue weighted by atomic mass is 10.0. The van der Waals surface area contributed by atoms with E-state index in [0.717, 1.165) is 16.6 Å². The van der Waals surface area contributed by atoms with Gasteiger partial charge in [-0.15, -0.1) is 0 Å². The fourth-order valence-corrected chi connectivity index (χ4v) is 2.22. The number of H-pyrrole nitrogens is 1. The summed E-state index contributed by atoms with van der Waals surface area (Å²) < 4.78 is 0. The molecule has 0 saturated heterocycles. The van der Waals surface area contributed by atoms with Crippen LogP contribution in [0.15, 0.2) is 47.3 Å². The van der Waals surface area contributed by atoms with Gasteiger partial charge in [-0.1, -0.05) is 30.3 Å². The zero-order valence-electron chi connectivity index (χ0n) is 10.9. The first-order valence-corrected chi connectivity index (χ1v) is 6.22. The van der Waals surface area contributed by atoms with Gasteiger partial charge < -0.3 is 4.98 Å². The Labute approximate surface area is 111 Å². The number of para-hydroxylation sites is 1. The highest BCUT2D eigenvalue weighted by Crippen LogP contribution is 2.22. The Balaban J connectivity index is 2.32. The van der Waals surface area contributed by atoms with Crippen molar-refractivity contribution in [3.63, 3.8) is 0 Å². The minimum Gasteiger partial charge on any atom is -0.306 e. The molecule has 19 heavy (non-hydrogen) atoms. The van der Waals surface area contributed by atoms with E-state index in [4.69, 9.17) is 0 Å². The van der Waals surface area contributed by atoms with Crippen LogP contribution in [0.2, 0.25) is 0 Å². The van der Waals surface area contributed by atoms with Crippen LogP contribution < -0.4 is 5.56 Å². The van der Waals surface area contributed by atoms with E-state index in [1.54, 1.807) is 6.07 Å². The number of nitrogens with zero attached hydrogens (tertiary/aromatic N) is 1. The second-order valence-corrected chi connectivity index (χ2v) is 4.68. The van der Waals surface area contributed by atoms with Crippen molar-refractivity contribution in [1.29, 1.82) is 0 Å². The van der Waals surface area contributed by atoms with Crippen molar-refractivity contribution in [2.75, 3.05) is 0 Å². The SMILES string of the molecule is Cc1cccc(-c2nc3ccccc3c(=O)[nH]2)c1C. The molecule has 1 heterocycles. The van der Waals surface area contributed by atoms with Gasteiger partial charge >= 0.3 is 0 Å². The maximum absolute atomic E-state index is 12.1. The largest absolute Gasteiger partial charge is 0.306 e. The van der Waals surface area contributed by atoms with Gasteiger partial charge in [0.05, 0.1) is 10.9 Å². The number of fused-ring (bicyclic) bond motifs is 1. The first kappa shape index (κ1) is 11.7. The van der Waals surface area contributed by atoms with Crippen LogP contribution in [0.5, 0.6) is 0 Å². The molecule has 0 aliphatic rings. The Morgan fingerprint density at radius 1 is 1.00 bits per heavy atom. The number of nitrogens with one attached hydrogen (secondary N) is 1. The van der Waals surface area contributed by atoms with E-state index < -0.39 is 0 Å². The molecule has 3 heteroatoms. The Hall–Kier alpha value is -2.42. The van der Waals surface area contributed by atoms with Gasteiger partial charge in [0, 0.05) is 5.56 Å². The number of benzene rings is 2. The molecular formula is C16H14N2O. The summed E-state index contributed by atoms with van der Waals surface area (Å²) in [6.07, 6.45) is 0. The molecule has 0 bridgehead atoms. The van der Waals surface area contributed by atoms with E-state index in [-0.39, 0.29) is 5.56 Å².